The van der Waals surface area contributed by atoms with Crippen molar-refractivity contribution in [3.05, 3.63) is 53.6 Å². The molecule has 1 saturated carbocycles. The van der Waals surface area contributed by atoms with Crippen molar-refractivity contribution >= 4 is 11.4 Å². The fourth-order valence-electron chi connectivity index (χ4n) is 2.51. The van der Waals surface area contributed by atoms with Gasteiger partial charge < -0.3 is 0 Å². The van der Waals surface area contributed by atoms with E-state index in [1.54, 1.807) is 0 Å². The number of carbonyl (C=O) groups is 1. The molecule has 0 N–H and O–H groups in total. The summed E-state index contributed by atoms with van der Waals surface area (Å²) in [4.78, 5) is 12.0. The van der Waals surface area contributed by atoms with Crippen LogP contribution in [0.5, 0.6) is 0 Å². The molecular weight excluding hydrogens is 232 g/mol. The monoisotopic (exact) mass is 254 g/mol. The van der Waals surface area contributed by atoms with E-state index < -0.39 is 0 Å². The number of carbonyl (C=O) groups excluding carboxylic acids is 1. The second kappa shape index (κ2) is 7.08. The fourth-order valence-corrected chi connectivity index (χ4v) is 2.51. The Bertz CT molecular complexity index is 480. The minimum absolute atomic E-state index is 0.332. The molecule has 0 bridgehead atoms. The van der Waals surface area contributed by atoms with Gasteiger partial charge in [0.1, 0.15) is 0 Å². The van der Waals surface area contributed by atoms with Crippen molar-refractivity contribution in [2.45, 2.75) is 45.4 Å². The third-order valence-corrected chi connectivity index (χ3v) is 3.59. The van der Waals surface area contributed by atoms with Crippen LogP contribution in [0.25, 0.3) is 5.57 Å². The highest BCUT2D eigenvalue weighted by atomic mass is 16.1. The minimum Gasteiger partial charge on any atom is -0.295 e. The van der Waals surface area contributed by atoms with Crippen LogP contribution < -0.4 is 0 Å². The highest BCUT2D eigenvalue weighted by molar-refractivity contribution is 6.06. The van der Waals surface area contributed by atoms with Crippen LogP contribution in [-0.4, -0.2) is 5.78 Å². The summed E-state index contributed by atoms with van der Waals surface area (Å²) in [6.07, 6.45) is 10.5. The predicted molar refractivity (Wildman–Crippen MR) is 80.9 cm³/mol. The van der Waals surface area contributed by atoms with Gasteiger partial charge in [-0.1, -0.05) is 62.2 Å². The highest BCUT2D eigenvalue weighted by Crippen LogP contribution is 2.30. The normalized spacial score (nSPS) is 18.3. The van der Waals surface area contributed by atoms with Crippen LogP contribution in [0.4, 0.5) is 0 Å². The lowest BCUT2D eigenvalue weighted by Crippen LogP contribution is -1.96. The van der Waals surface area contributed by atoms with Gasteiger partial charge in [0.25, 0.3) is 0 Å². The highest BCUT2D eigenvalue weighted by Gasteiger charge is 2.20. The molecule has 0 aliphatic heterocycles. The zero-order valence-corrected chi connectivity index (χ0v) is 11.7. The van der Waals surface area contributed by atoms with Crippen LogP contribution in [0.15, 0.2) is 48.1 Å². The van der Waals surface area contributed by atoms with Crippen molar-refractivity contribution < 1.29 is 4.79 Å². The Kier molecular flexibility index (Phi) is 5.14. The molecule has 1 nitrogen and oxygen atoms in total. The summed E-state index contributed by atoms with van der Waals surface area (Å²) in [5.41, 5.74) is 3.33. The van der Waals surface area contributed by atoms with Gasteiger partial charge in [0, 0.05) is 12.0 Å². The molecule has 0 spiro atoms. The van der Waals surface area contributed by atoms with Crippen LogP contribution in [0.3, 0.4) is 0 Å². The molecule has 100 valence electrons. The molecule has 0 saturated heterocycles. The predicted octanol–water partition coefficient (Wildman–Crippen LogP) is 4.94. The summed E-state index contributed by atoms with van der Waals surface area (Å²) in [6.45, 7) is 2.20. The lowest BCUT2D eigenvalue weighted by Gasteiger charge is -2.07. The standard InChI is InChI=1S/C18H22O/c1-2-3-4-8-12-16(15-10-6-5-7-11-15)17-13-9-14-18(17)19/h5-8,10-12H,2-4,9,13-14H2,1H3/b12-8+,17-16-. The van der Waals surface area contributed by atoms with Crippen molar-refractivity contribution in [2.24, 2.45) is 0 Å². The van der Waals surface area contributed by atoms with E-state index in [9.17, 15) is 4.79 Å². The lowest BCUT2D eigenvalue weighted by molar-refractivity contribution is -0.114. The smallest absolute Gasteiger partial charge is 0.159 e. The first-order valence-electron chi connectivity index (χ1n) is 7.31. The Balaban J connectivity index is 2.29. The average molecular weight is 254 g/mol. The molecule has 0 radical (unpaired) electrons. The maximum atomic E-state index is 12.0. The summed E-state index contributed by atoms with van der Waals surface area (Å²) in [5.74, 6) is 0.332. The number of unbranched alkanes of at least 4 members (excludes halogenated alkanes) is 2. The molecular formula is C18H22O. The first-order valence-corrected chi connectivity index (χ1v) is 7.31. The first kappa shape index (κ1) is 13.8. The third kappa shape index (κ3) is 3.66. The largest absolute Gasteiger partial charge is 0.295 e. The Labute approximate surface area is 116 Å². The zero-order valence-electron chi connectivity index (χ0n) is 11.7. The molecule has 1 aromatic rings. The summed E-state index contributed by atoms with van der Waals surface area (Å²) < 4.78 is 0. The second-order valence-electron chi connectivity index (χ2n) is 5.08. The minimum atomic E-state index is 0.332. The van der Waals surface area contributed by atoms with Gasteiger partial charge in [-0.25, -0.2) is 0 Å². The molecule has 2 rings (SSSR count). The molecule has 1 heteroatoms. The van der Waals surface area contributed by atoms with E-state index in [0.29, 0.717) is 12.2 Å². The van der Waals surface area contributed by atoms with Crippen molar-refractivity contribution in [3.63, 3.8) is 0 Å². The Morgan fingerprint density at radius 2 is 2.00 bits per heavy atom. The molecule has 1 fully saturated rings. The number of hydrogen-bond donors (Lipinski definition) is 0. The van der Waals surface area contributed by atoms with Crippen molar-refractivity contribution in [3.8, 4) is 0 Å². The summed E-state index contributed by atoms with van der Waals surface area (Å²) >= 11 is 0. The topological polar surface area (TPSA) is 17.1 Å². The molecule has 0 unspecified atom stereocenters. The maximum absolute atomic E-state index is 12.0. The fraction of sp³-hybridized carbons (Fsp3) is 0.389. The van der Waals surface area contributed by atoms with Gasteiger partial charge in [0.05, 0.1) is 0 Å². The van der Waals surface area contributed by atoms with E-state index in [1.165, 1.54) is 18.4 Å². The average Bonchev–Trinajstić information content (AvgIpc) is 2.86. The van der Waals surface area contributed by atoms with Crippen LogP contribution >= 0.6 is 0 Å². The van der Waals surface area contributed by atoms with Gasteiger partial charge in [-0.3, -0.25) is 4.79 Å². The second-order valence-corrected chi connectivity index (χ2v) is 5.08. The van der Waals surface area contributed by atoms with Gasteiger partial charge in [0.15, 0.2) is 5.78 Å². The van der Waals surface area contributed by atoms with E-state index in [4.69, 9.17) is 0 Å². The first-order chi connectivity index (χ1) is 9.33. The number of allylic oxidation sites excluding steroid dienone is 4. The van der Waals surface area contributed by atoms with E-state index >= 15 is 0 Å². The van der Waals surface area contributed by atoms with Crippen molar-refractivity contribution in [1.82, 2.24) is 0 Å². The van der Waals surface area contributed by atoms with E-state index in [2.05, 4.69) is 31.2 Å². The van der Waals surface area contributed by atoms with E-state index in [-0.39, 0.29) is 0 Å². The quantitative estimate of drug-likeness (QED) is 0.537. The van der Waals surface area contributed by atoms with Gasteiger partial charge in [-0.15, -0.1) is 0 Å². The van der Waals surface area contributed by atoms with Gasteiger partial charge in [0.2, 0.25) is 0 Å². The van der Waals surface area contributed by atoms with E-state index in [1.807, 2.05) is 18.2 Å². The Morgan fingerprint density at radius 1 is 1.21 bits per heavy atom. The molecule has 1 aromatic carbocycles. The van der Waals surface area contributed by atoms with Gasteiger partial charge in [-0.05, 0) is 30.4 Å². The summed E-state index contributed by atoms with van der Waals surface area (Å²) in [5, 5.41) is 0. The van der Waals surface area contributed by atoms with Gasteiger partial charge >= 0.3 is 0 Å². The summed E-state index contributed by atoms with van der Waals surface area (Å²) in [7, 11) is 0. The molecule has 1 aliphatic carbocycles. The van der Waals surface area contributed by atoms with Crippen LogP contribution in [0.2, 0.25) is 0 Å². The number of ketones is 1. The number of benzene rings is 1. The van der Waals surface area contributed by atoms with Crippen LogP contribution in [-0.2, 0) is 4.79 Å². The number of Topliss-reactive ketones (excluding diaryl/α,β-unsaturated/α-hetero) is 1. The van der Waals surface area contributed by atoms with E-state index in [0.717, 1.165) is 30.4 Å². The van der Waals surface area contributed by atoms with Crippen LogP contribution in [0.1, 0.15) is 51.0 Å². The number of hydrogen-bond acceptors (Lipinski definition) is 1. The molecule has 0 heterocycles. The van der Waals surface area contributed by atoms with Crippen molar-refractivity contribution in [1.29, 1.82) is 0 Å². The zero-order chi connectivity index (χ0) is 13.5. The molecule has 0 atom stereocenters. The molecule has 19 heavy (non-hydrogen) atoms. The third-order valence-electron chi connectivity index (χ3n) is 3.59. The van der Waals surface area contributed by atoms with Crippen molar-refractivity contribution in [2.75, 3.05) is 0 Å². The molecule has 0 amide bonds. The Morgan fingerprint density at radius 3 is 2.63 bits per heavy atom. The molecule has 1 aliphatic rings. The van der Waals surface area contributed by atoms with Crippen LogP contribution in [0, 0.1) is 0 Å². The SMILES string of the molecule is CCCC/C=C/C(=C1\CCCC1=O)c1ccccc1. The van der Waals surface area contributed by atoms with Gasteiger partial charge in [-0.2, -0.15) is 0 Å². The maximum Gasteiger partial charge on any atom is 0.159 e. The Hall–Kier alpha value is -1.63. The lowest BCUT2D eigenvalue weighted by atomic mass is 9.97. The summed E-state index contributed by atoms with van der Waals surface area (Å²) in [6, 6.07) is 10.3. The molecule has 0 aromatic heterocycles. The number of rotatable bonds is 5.